The Morgan fingerprint density at radius 3 is 2.62 bits per heavy atom. The number of hydrogen-bond acceptors (Lipinski definition) is 3. The van der Waals surface area contributed by atoms with Crippen LogP contribution in [0.25, 0.3) is 0 Å². The monoisotopic (exact) mass is 327 g/mol. The molecule has 120 valence electrons. The lowest BCUT2D eigenvalue weighted by Crippen LogP contribution is -2.21. The SMILES string of the molecule is CN(CCC(=O)O)Cc1cccc(OCC(F)(F)F)c1.Cl. The van der Waals surface area contributed by atoms with Gasteiger partial charge in [-0.05, 0) is 24.7 Å². The van der Waals surface area contributed by atoms with Crippen molar-refractivity contribution in [3.8, 4) is 5.75 Å². The molecule has 0 radical (unpaired) electrons. The molecular weight excluding hydrogens is 311 g/mol. The van der Waals surface area contributed by atoms with Gasteiger partial charge in [0.05, 0.1) is 6.42 Å². The summed E-state index contributed by atoms with van der Waals surface area (Å²) in [5, 5.41) is 8.57. The quantitative estimate of drug-likeness (QED) is 0.836. The van der Waals surface area contributed by atoms with Crippen LogP contribution in [-0.4, -0.2) is 42.4 Å². The third kappa shape index (κ3) is 9.14. The first-order valence-electron chi connectivity index (χ1n) is 5.95. The largest absolute Gasteiger partial charge is 0.484 e. The summed E-state index contributed by atoms with van der Waals surface area (Å²) in [6.45, 7) is -0.523. The van der Waals surface area contributed by atoms with E-state index >= 15 is 0 Å². The molecule has 0 aliphatic rings. The predicted octanol–water partition coefficient (Wildman–Crippen LogP) is 2.96. The third-order valence-corrected chi connectivity index (χ3v) is 2.46. The van der Waals surface area contributed by atoms with Crippen LogP contribution in [0.5, 0.6) is 5.75 Å². The van der Waals surface area contributed by atoms with Crippen LogP contribution in [0, 0.1) is 0 Å². The summed E-state index contributed by atoms with van der Waals surface area (Å²) in [6.07, 6.45) is -4.35. The average molecular weight is 328 g/mol. The molecule has 0 saturated heterocycles. The van der Waals surface area contributed by atoms with Crippen molar-refractivity contribution in [1.29, 1.82) is 0 Å². The number of nitrogens with zero attached hydrogens (tertiary/aromatic N) is 1. The minimum Gasteiger partial charge on any atom is -0.484 e. The zero-order valence-electron chi connectivity index (χ0n) is 11.4. The second kappa shape index (κ2) is 8.74. The molecule has 1 rings (SSSR count). The van der Waals surface area contributed by atoms with Gasteiger partial charge in [0.1, 0.15) is 5.75 Å². The van der Waals surface area contributed by atoms with E-state index in [2.05, 4.69) is 4.74 Å². The maximum atomic E-state index is 12.0. The molecule has 0 fully saturated rings. The molecule has 0 aliphatic heterocycles. The smallest absolute Gasteiger partial charge is 0.422 e. The Bertz CT molecular complexity index is 455. The number of ether oxygens (including phenoxy) is 1. The van der Waals surface area contributed by atoms with Gasteiger partial charge in [0.15, 0.2) is 6.61 Å². The normalized spacial score (nSPS) is 11.1. The van der Waals surface area contributed by atoms with Gasteiger partial charge in [-0.1, -0.05) is 12.1 Å². The first-order valence-corrected chi connectivity index (χ1v) is 5.95. The molecule has 0 aliphatic carbocycles. The van der Waals surface area contributed by atoms with Crippen molar-refractivity contribution in [2.24, 2.45) is 0 Å². The standard InChI is InChI=1S/C13H16F3NO3.ClH/c1-17(6-5-12(18)19)8-10-3-2-4-11(7-10)20-9-13(14,15)16;/h2-4,7H,5-6,8-9H2,1H3,(H,18,19);1H. The average Bonchev–Trinajstić information content (AvgIpc) is 2.34. The van der Waals surface area contributed by atoms with Gasteiger partial charge < -0.3 is 14.7 Å². The van der Waals surface area contributed by atoms with Crippen LogP contribution in [0.4, 0.5) is 13.2 Å². The molecule has 0 aromatic heterocycles. The number of hydrogen-bond donors (Lipinski definition) is 1. The van der Waals surface area contributed by atoms with E-state index in [9.17, 15) is 18.0 Å². The van der Waals surface area contributed by atoms with Gasteiger partial charge in [0.25, 0.3) is 0 Å². The highest BCUT2D eigenvalue weighted by molar-refractivity contribution is 5.85. The van der Waals surface area contributed by atoms with Gasteiger partial charge in [-0.2, -0.15) is 13.2 Å². The maximum absolute atomic E-state index is 12.0. The van der Waals surface area contributed by atoms with E-state index in [-0.39, 0.29) is 24.6 Å². The molecule has 1 aromatic carbocycles. The fourth-order valence-corrected chi connectivity index (χ4v) is 1.58. The topological polar surface area (TPSA) is 49.8 Å². The van der Waals surface area contributed by atoms with Crippen molar-refractivity contribution < 1.29 is 27.8 Å². The Morgan fingerprint density at radius 1 is 1.38 bits per heavy atom. The summed E-state index contributed by atoms with van der Waals surface area (Å²) in [5.41, 5.74) is 0.762. The second-order valence-corrected chi connectivity index (χ2v) is 4.43. The van der Waals surface area contributed by atoms with Gasteiger partial charge in [0, 0.05) is 13.1 Å². The second-order valence-electron chi connectivity index (χ2n) is 4.43. The molecule has 0 spiro atoms. The van der Waals surface area contributed by atoms with Gasteiger partial charge in [-0.3, -0.25) is 4.79 Å². The number of benzene rings is 1. The van der Waals surface area contributed by atoms with Crippen LogP contribution in [0.15, 0.2) is 24.3 Å². The molecule has 1 N–H and O–H groups in total. The highest BCUT2D eigenvalue weighted by Crippen LogP contribution is 2.19. The lowest BCUT2D eigenvalue weighted by atomic mass is 10.2. The van der Waals surface area contributed by atoms with Crippen molar-refractivity contribution in [2.45, 2.75) is 19.1 Å². The lowest BCUT2D eigenvalue weighted by Gasteiger charge is -2.16. The number of carbonyl (C=O) groups is 1. The lowest BCUT2D eigenvalue weighted by molar-refractivity contribution is -0.153. The number of rotatable bonds is 7. The van der Waals surface area contributed by atoms with Crippen LogP contribution in [-0.2, 0) is 11.3 Å². The number of carboxylic acid groups (broad SMARTS) is 1. The molecule has 0 heterocycles. The molecule has 0 bridgehead atoms. The number of halogens is 4. The van der Waals surface area contributed by atoms with Crippen molar-refractivity contribution >= 4 is 18.4 Å². The number of carboxylic acids is 1. The molecular formula is C13H17ClF3NO3. The summed E-state index contributed by atoms with van der Waals surface area (Å²) in [5.74, 6) is -0.745. The van der Waals surface area contributed by atoms with Crippen molar-refractivity contribution in [1.82, 2.24) is 4.90 Å². The molecule has 0 unspecified atom stereocenters. The molecule has 4 nitrogen and oxygen atoms in total. The minimum atomic E-state index is -4.37. The van der Waals surface area contributed by atoms with Crippen molar-refractivity contribution in [3.05, 3.63) is 29.8 Å². The van der Waals surface area contributed by atoms with Crippen LogP contribution in [0.3, 0.4) is 0 Å². The molecule has 21 heavy (non-hydrogen) atoms. The van der Waals surface area contributed by atoms with Crippen LogP contribution >= 0.6 is 12.4 Å². The maximum Gasteiger partial charge on any atom is 0.422 e. The van der Waals surface area contributed by atoms with Gasteiger partial charge in [-0.25, -0.2) is 0 Å². The minimum absolute atomic E-state index is 0. The fourth-order valence-electron chi connectivity index (χ4n) is 1.58. The Balaban J connectivity index is 0.00000400. The third-order valence-electron chi connectivity index (χ3n) is 2.46. The van der Waals surface area contributed by atoms with Crippen LogP contribution < -0.4 is 4.74 Å². The fraction of sp³-hybridized carbons (Fsp3) is 0.462. The molecule has 0 amide bonds. The van der Waals surface area contributed by atoms with Gasteiger partial charge >= 0.3 is 12.1 Å². The Kier molecular flexibility index (Phi) is 8.12. The zero-order chi connectivity index (χ0) is 15.2. The molecule has 0 atom stereocenters. The highest BCUT2D eigenvalue weighted by atomic mass is 35.5. The van der Waals surface area contributed by atoms with E-state index < -0.39 is 18.8 Å². The summed E-state index contributed by atoms with van der Waals surface area (Å²) in [6, 6.07) is 6.32. The Hall–Kier alpha value is -1.47. The summed E-state index contributed by atoms with van der Waals surface area (Å²) < 4.78 is 40.8. The first kappa shape index (κ1) is 19.5. The van der Waals surface area contributed by atoms with Crippen molar-refractivity contribution in [2.75, 3.05) is 20.2 Å². The van der Waals surface area contributed by atoms with E-state index in [1.54, 1.807) is 24.1 Å². The number of aliphatic carboxylic acids is 1. The molecule has 0 saturated carbocycles. The highest BCUT2D eigenvalue weighted by Gasteiger charge is 2.28. The molecule has 1 aromatic rings. The van der Waals surface area contributed by atoms with Crippen LogP contribution in [0.2, 0.25) is 0 Å². The van der Waals surface area contributed by atoms with Gasteiger partial charge in [-0.15, -0.1) is 12.4 Å². The first-order chi connectivity index (χ1) is 9.26. The van der Waals surface area contributed by atoms with E-state index in [0.717, 1.165) is 5.56 Å². The summed E-state index contributed by atoms with van der Waals surface area (Å²) in [4.78, 5) is 12.2. The zero-order valence-corrected chi connectivity index (χ0v) is 12.2. The summed E-state index contributed by atoms with van der Waals surface area (Å²) in [7, 11) is 1.74. The number of alkyl halides is 3. The summed E-state index contributed by atoms with van der Waals surface area (Å²) >= 11 is 0. The molecule has 8 heteroatoms. The van der Waals surface area contributed by atoms with E-state index in [1.807, 2.05) is 0 Å². The Morgan fingerprint density at radius 2 is 2.05 bits per heavy atom. The van der Waals surface area contributed by atoms with E-state index in [0.29, 0.717) is 13.1 Å². The van der Waals surface area contributed by atoms with E-state index in [4.69, 9.17) is 5.11 Å². The van der Waals surface area contributed by atoms with Gasteiger partial charge in [0.2, 0.25) is 0 Å². The van der Waals surface area contributed by atoms with Crippen LogP contribution in [0.1, 0.15) is 12.0 Å². The van der Waals surface area contributed by atoms with Crippen molar-refractivity contribution in [3.63, 3.8) is 0 Å². The predicted molar refractivity (Wildman–Crippen MR) is 73.8 cm³/mol. The van der Waals surface area contributed by atoms with E-state index in [1.165, 1.54) is 12.1 Å². The Labute approximate surface area is 126 Å².